The highest BCUT2D eigenvalue weighted by molar-refractivity contribution is 7.14. The van der Waals surface area contributed by atoms with Crippen molar-refractivity contribution in [2.45, 2.75) is 6.42 Å². The van der Waals surface area contributed by atoms with Gasteiger partial charge in [-0.3, -0.25) is 9.59 Å². The molecule has 2 aromatic rings. The van der Waals surface area contributed by atoms with E-state index in [1.807, 2.05) is 22.2 Å². The van der Waals surface area contributed by atoms with Crippen molar-refractivity contribution >= 4 is 34.6 Å². The average Bonchev–Trinajstić information content (AvgIpc) is 3.23. The minimum atomic E-state index is -0.470. The van der Waals surface area contributed by atoms with Crippen LogP contribution >= 0.6 is 22.7 Å². The summed E-state index contributed by atoms with van der Waals surface area (Å²) in [5, 5.41) is 6.69. The Kier molecular flexibility index (Phi) is 6.89. The minimum absolute atomic E-state index is 0.0524. The molecular formula is C17H18N2O3S2. The lowest BCUT2D eigenvalue weighted by atomic mass is 10.3. The maximum Gasteiger partial charge on any atom is 0.312 e. The van der Waals surface area contributed by atoms with Gasteiger partial charge in [0.25, 0.3) is 5.91 Å². The maximum absolute atomic E-state index is 12.0. The van der Waals surface area contributed by atoms with Gasteiger partial charge in [0.15, 0.2) is 6.61 Å². The highest BCUT2D eigenvalue weighted by atomic mass is 32.1. The lowest BCUT2D eigenvalue weighted by Crippen LogP contribution is -2.35. The summed E-state index contributed by atoms with van der Waals surface area (Å²) in [5.41, 5.74) is 1.69. The van der Waals surface area contributed by atoms with Gasteiger partial charge >= 0.3 is 5.97 Å². The number of aromatic nitrogens is 1. The topological polar surface area (TPSA) is 59.5 Å². The molecule has 0 fully saturated rings. The van der Waals surface area contributed by atoms with Crippen molar-refractivity contribution in [1.29, 1.82) is 0 Å². The van der Waals surface area contributed by atoms with E-state index in [0.29, 0.717) is 18.8 Å². The van der Waals surface area contributed by atoms with Crippen molar-refractivity contribution in [1.82, 2.24) is 9.88 Å². The molecule has 0 N–H and O–H groups in total. The molecule has 2 heterocycles. The van der Waals surface area contributed by atoms with E-state index >= 15 is 0 Å². The SMILES string of the molecule is C=CCN(CC=C)C(=O)COC(=O)Cc1csc(-c2ccsc2)n1. The molecular weight excluding hydrogens is 344 g/mol. The Hall–Kier alpha value is -2.25. The number of thiophene rings is 1. The first-order valence-corrected chi connectivity index (χ1v) is 9.08. The highest BCUT2D eigenvalue weighted by Crippen LogP contribution is 2.25. The second-order valence-electron chi connectivity index (χ2n) is 4.87. The van der Waals surface area contributed by atoms with E-state index < -0.39 is 5.97 Å². The van der Waals surface area contributed by atoms with Gasteiger partial charge in [-0.2, -0.15) is 11.3 Å². The molecule has 0 atom stereocenters. The summed E-state index contributed by atoms with van der Waals surface area (Å²) >= 11 is 3.08. The molecule has 0 aromatic carbocycles. The number of hydrogen-bond acceptors (Lipinski definition) is 6. The summed E-state index contributed by atoms with van der Waals surface area (Å²) in [5.74, 6) is -0.747. The standard InChI is InChI=1S/C17H18N2O3S2/c1-3-6-19(7-4-2)15(20)10-22-16(21)9-14-12-24-17(18-14)13-5-8-23-11-13/h3-5,8,11-12H,1-2,6-7,9-10H2. The molecule has 5 nitrogen and oxygen atoms in total. The highest BCUT2D eigenvalue weighted by Gasteiger charge is 2.15. The molecule has 2 aromatic heterocycles. The summed E-state index contributed by atoms with van der Waals surface area (Å²) in [6, 6.07) is 1.98. The van der Waals surface area contributed by atoms with Crippen LogP contribution in [0, 0.1) is 0 Å². The number of rotatable bonds is 9. The molecule has 0 saturated heterocycles. The molecule has 1 amide bonds. The predicted molar refractivity (Wildman–Crippen MR) is 97.1 cm³/mol. The number of carbonyl (C=O) groups excluding carboxylic acids is 2. The van der Waals surface area contributed by atoms with Gasteiger partial charge in [0, 0.05) is 29.4 Å². The van der Waals surface area contributed by atoms with Crippen molar-refractivity contribution in [3.05, 3.63) is 53.2 Å². The Labute approximate surface area is 148 Å². The van der Waals surface area contributed by atoms with Crippen LogP contribution in [0.25, 0.3) is 10.6 Å². The number of hydrogen-bond donors (Lipinski definition) is 0. The fraction of sp³-hybridized carbons (Fsp3) is 0.235. The summed E-state index contributed by atoms with van der Waals surface area (Å²) in [4.78, 5) is 29.8. The number of thiazole rings is 1. The normalized spacial score (nSPS) is 10.2. The summed E-state index contributed by atoms with van der Waals surface area (Å²) < 4.78 is 5.05. The molecule has 7 heteroatoms. The van der Waals surface area contributed by atoms with Crippen molar-refractivity contribution in [2.75, 3.05) is 19.7 Å². The van der Waals surface area contributed by atoms with Crippen LogP contribution in [0.4, 0.5) is 0 Å². The fourth-order valence-corrected chi connectivity index (χ4v) is 3.46. The average molecular weight is 362 g/mol. The van der Waals surface area contributed by atoms with Crippen LogP contribution in [0.5, 0.6) is 0 Å². The van der Waals surface area contributed by atoms with Gasteiger partial charge in [-0.15, -0.1) is 24.5 Å². The first kappa shape index (κ1) is 18.1. The predicted octanol–water partition coefficient (Wildman–Crippen LogP) is 3.16. The van der Waals surface area contributed by atoms with Gasteiger partial charge in [-0.1, -0.05) is 12.2 Å². The van der Waals surface area contributed by atoms with Gasteiger partial charge in [-0.25, -0.2) is 4.98 Å². The first-order valence-electron chi connectivity index (χ1n) is 7.26. The molecule has 0 aliphatic carbocycles. The second kappa shape index (κ2) is 9.14. The van der Waals surface area contributed by atoms with E-state index in [1.165, 1.54) is 16.2 Å². The minimum Gasteiger partial charge on any atom is -0.455 e. The zero-order valence-corrected chi connectivity index (χ0v) is 14.8. The molecule has 0 bridgehead atoms. The van der Waals surface area contributed by atoms with Crippen LogP contribution in [-0.4, -0.2) is 41.5 Å². The molecule has 24 heavy (non-hydrogen) atoms. The van der Waals surface area contributed by atoms with Crippen molar-refractivity contribution in [3.63, 3.8) is 0 Å². The third-order valence-corrected chi connectivity index (χ3v) is 4.68. The largest absolute Gasteiger partial charge is 0.455 e. The van der Waals surface area contributed by atoms with E-state index in [0.717, 1.165) is 10.6 Å². The van der Waals surface area contributed by atoms with Gasteiger partial charge < -0.3 is 9.64 Å². The number of nitrogens with zero attached hydrogens (tertiary/aromatic N) is 2. The van der Waals surface area contributed by atoms with Crippen molar-refractivity contribution in [2.24, 2.45) is 0 Å². The van der Waals surface area contributed by atoms with Crippen LogP contribution in [0.1, 0.15) is 5.69 Å². The molecule has 0 spiro atoms. The third-order valence-electron chi connectivity index (χ3n) is 3.05. The van der Waals surface area contributed by atoms with Crippen LogP contribution < -0.4 is 0 Å². The summed E-state index contributed by atoms with van der Waals surface area (Å²) in [6.07, 6.45) is 3.28. The van der Waals surface area contributed by atoms with Crippen LogP contribution in [-0.2, 0) is 20.7 Å². The fourth-order valence-electron chi connectivity index (χ4n) is 1.93. The van der Waals surface area contributed by atoms with Crippen molar-refractivity contribution in [3.8, 4) is 10.6 Å². The van der Waals surface area contributed by atoms with Gasteiger partial charge in [0.05, 0.1) is 12.1 Å². The lowest BCUT2D eigenvalue weighted by molar-refractivity contribution is -0.151. The van der Waals surface area contributed by atoms with Crippen molar-refractivity contribution < 1.29 is 14.3 Å². The third kappa shape index (κ3) is 5.14. The molecule has 126 valence electrons. The molecule has 0 saturated carbocycles. The first-order chi connectivity index (χ1) is 11.6. The second-order valence-corrected chi connectivity index (χ2v) is 6.51. The Balaban J connectivity index is 1.83. The molecule has 2 rings (SSSR count). The number of amides is 1. The zero-order chi connectivity index (χ0) is 17.4. The Bertz CT molecular complexity index is 697. The lowest BCUT2D eigenvalue weighted by Gasteiger charge is -2.18. The van der Waals surface area contributed by atoms with E-state index in [2.05, 4.69) is 18.1 Å². The van der Waals surface area contributed by atoms with Gasteiger partial charge in [0.1, 0.15) is 5.01 Å². The monoisotopic (exact) mass is 362 g/mol. The molecule has 0 aliphatic rings. The zero-order valence-electron chi connectivity index (χ0n) is 13.1. The van der Waals surface area contributed by atoms with Crippen LogP contribution in [0.15, 0.2) is 47.5 Å². The summed E-state index contributed by atoms with van der Waals surface area (Å²) in [6.45, 7) is 7.68. The van der Waals surface area contributed by atoms with Crippen LogP contribution in [0.3, 0.4) is 0 Å². The smallest absolute Gasteiger partial charge is 0.312 e. The molecule has 0 unspecified atom stereocenters. The van der Waals surface area contributed by atoms with E-state index in [1.54, 1.807) is 23.5 Å². The molecule has 0 radical (unpaired) electrons. The van der Waals surface area contributed by atoms with Gasteiger partial charge in [0.2, 0.25) is 0 Å². The van der Waals surface area contributed by atoms with E-state index in [9.17, 15) is 9.59 Å². The van der Waals surface area contributed by atoms with E-state index in [4.69, 9.17) is 4.74 Å². The Morgan fingerprint density at radius 2 is 2.00 bits per heavy atom. The Morgan fingerprint density at radius 1 is 1.25 bits per heavy atom. The quantitative estimate of drug-likeness (QED) is 0.508. The number of esters is 1. The van der Waals surface area contributed by atoms with Gasteiger partial charge in [-0.05, 0) is 11.4 Å². The van der Waals surface area contributed by atoms with E-state index in [-0.39, 0.29) is 18.9 Å². The number of carbonyl (C=O) groups is 2. The maximum atomic E-state index is 12.0. The number of ether oxygens (including phenoxy) is 1. The summed E-state index contributed by atoms with van der Waals surface area (Å²) in [7, 11) is 0. The molecule has 0 aliphatic heterocycles. The Morgan fingerprint density at radius 3 is 2.62 bits per heavy atom. The van der Waals surface area contributed by atoms with Crippen LogP contribution in [0.2, 0.25) is 0 Å².